The van der Waals surface area contributed by atoms with E-state index in [4.69, 9.17) is 5.73 Å². The molecule has 0 spiro atoms. The van der Waals surface area contributed by atoms with Crippen LogP contribution < -0.4 is 5.73 Å². The third kappa shape index (κ3) is 2.67. The number of hydrogen-bond donors (Lipinski definition) is 1. The minimum atomic E-state index is -3.10. The molecule has 1 aromatic heterocycles. The summed E-state index contributed by atoms with van der Waals surface area (Å²) in [6.45, 7) is 0. The zero-order valence-corrected chi connectivity index (χ0v) is 11.2. The highest BCUT2D eigenvalue weighted by Crippen LogP contribution is 2.20. The van der Waals surface area contributed by atoms with E-state index >= 15 is 0 Å². The number of hydrogen-bond acceptors (Lipinski definition) is 5. The molecular formula is C11H14FN3O3S. The highest BCUT2D eigenvalue weighted by atomic mass is 32.2. The number of anilines is 1. The number of rotatable bonds is 2. The average Bonchev–Trinajstić information content (AvgIpc) is 2.71. The van der Waals surface area contributed by atoms with Gasteiger partial charge in [-0.05, 0) is 12.5 Å². The van der Waals surface area contributed by atoms with Crippen LogP contribution in [0.15, 0.2) is 12.3 Å². The van der Waals surface area contributed by atoms with Crippen molar-refractivity contribution in [1.82, 2.24) is 9.88 Å². The maximum absolute atomic E-state index is 13.7. The number of nitrogens with zero attached hydrogens (tertiary/aromatic N) is 2. The van der Waals surface area contributed by atoms with Gasteiger partial charge in [0.25, 0.3) is 5.91 Å². The summed E-state index contributed by atoms with van der Waals surface area (Å²) in [5, 5.41) is 0. The van der Waals surface area contributed by atoms with E-state index in [0.717, 1.165) is 0 Å². The lowest BCUT2D eigenvalue weighted by molar-refractivity contribution is 0.0743. The molecule has 1 fully saturated rings. The molecule has 1 aliphatic rings. The van der Waals surface area contributed by atoms with E-state index in [1.807, 2.05) is 0 Å². The summed E-state index contributed by atoms with van der Waals surface area (Å²) < 4.78 is 36.5. The zero-order valence-electron chi connectivity index (χ0n) is 10.3. The third-order valence-electron chi connectivity index (χ3n) is 3.22. The number of amides is 1. The predicted molar refractivity (Wildman–Crippen MR) is 67.8 cm³/mol. The van der Waals surface area contributed by atoms with Crippen molar-refractivity contribution in [3.63, 3.8) is 0 Å². The summed E-state index contributed by atoms with van der Waals surface area (Å²) in [5.74, 6) is -1.85. The first-order chi connectivity index (χ1) is 8.82. The van der Waals surface area contributed by atoms with Gasteiger partial charge in [-0.15, -0.1) is 0 Å². The normalized spacial score (nSPS) is 21.3. The van der Waals surface area contributed by atoms with Gasteiger partial charge in [0, 0.05) is 19.3 Å². The van der Waals surface area contributed by atoms with E-state index in [1.165, 1.54) is 24.2 Å². The summed E-state index contributed by atoms with van der Waals surface area (Å²) in [6.07, 6.45) is 1.61. The van der Waals surface area contributed by atoms with Crippen molar-refractivity contribution in [2.24, 2.45) is 0 Å². The number of halogens is 1. The van der Waals surface area contributed by atoms with Gasteiger partial charge in [-0.2, -0.15) is 0 Å². The highest BCUT2D eigenvalue weighted by Gasteiger charge is 2.33. The first-order valence-corrected chi connectivity index (χ1v) is 7.51. The maximum atomic E-state index is 13.7. The molecule has 1 atom stereocenters. The van der Waals surface area contributed by atoms with E-state index in [0.29, 0.717) is 6.42 Å². The van der Waals surface area contributed by atoms with Crippen LogP contribution in [0.4, 0.5) is 10.2 Å². The molecule has 104 valence electrons. The zero-order chi connectivity index (χ0) is 14.2. The fourth-order valence-corrected chi connectivity index (χ4v) is 3.84. The van der Waals surface area contributed by atoms with E-state index in [-0.39, 0.29) is 22.9 Å². The molecule has 0 bridgehead atoms. The molecule has 8 heteroatoms. The Balaban J connectivity index is 2.23. The molecule has 2 N–H and O–H groups in total. The van der Waals surface area contributed by atoms with E-state index < -0.39 is 27.6 Å². The Labute approximate surface area is 110 Å². The summed E-state index contributed by atoms with van der Waals surface area (Å²) in [7, 11) is -1.64. The van der Waals surface area contributed by atoms with Gasteiger partial charge in [0.2, 0.25) is 0 Å². The van der Waals surface area contributed by atoms with Crippen LogP contribution in [-0.4, -0.2) is 48.8 Å². The molecule has 2 heterocycles. The second kappa shape index (κ2) is 4.76. The Hall–Kier alpha value is -1.70. The molecule has 0 radical (unpaired) electrons. The Morgan fingerprint density at radius 2 is 2.26 bits per heavy atom. The molecule has 1 aromatic rings. The molecule has 1 aliphatic heterocycles. The second-order valence-corrected chi connectivity index (χ2v) is 6.76. The molecule has 19 heavy (non-hydrogen) atoms. The van der Waals surface area contributed by atoms with Crippen LogP contribution in [0, 0.1) is 5.82 Å². The van der Waals surface area contributed by atoms with Gasteiger partial charge in [-0.3, -0.25) is 4.79 Å². The monoisotopic (exact) mass is 287 g/mol. The summed E-state index contributed by atoms with van der Waals surface area (Å²) >= 11 is 0. The molecular weight excluding hydrogens is 273 g/mol. The van der Waals surface area contributed by atoms with Crippen LogP contribution in [0.1, 0.15) is 16.8 Å². The number of nitrogens with two attached hydrogens (primary N) is 1. The van der Waals surface area contributed by atoms with Crippen molar-refractivity contribution < 1.29 is 17.6 Å². The molecule has 1 unspecified atom stereocenters. The molecule has 0 aliphatic carbocycles. The molecule has 6 nitrogen and oxygen atoms in total. The number of nitrogen functional groups attached to an aromatic ring is 1. The number of sulfone groups is 1. The molecule has 2 rings (SSSR count). The summed E-state index contributed by atoms with van der Waals surface area (Å²) in [4.78, 5) is 16.9. The number of pyridine rings is 1. The van der Waals surface area contributed by atoms with Crippen molar-refractivity contribution >= 4 is 21.6 Å². The first kappa shape index (κ1) is 13.7. The summed E-state index contributed by atoms with van der Waals surface area (Å²) in [6, 6.07) is 0.805. The van der Waals surface area contributed by atoms with Crippen LogP contribution in [0.3, 0.4) is 0 Å². The van der Waals surface area contributed by atoms with E-state index in [1.54, 1.807) is 0 Å². The SMILES string of the molecule is CN(C(=O)c1ccnc(N)c1F)C1CCS(=O)(=O)C1. The van der Waals surface area contributed by atoms with Crippen LogP contribution in [-0.2, 0) is 9.84 Å². The quantitative estimate of drug-likeness (QED) is 0.830. The fraction of sp³-hybridized carbons (Fsp3) is 0.455. The van der Waals surface area contributed by atoms with Crippen molar-refractivity contribution in [1.29, 1.82) is 0 Å². The van der Waals surface area contributed by atoms with Gasteiger partial charge in [0.15, 0.2) is 21.5 Å². The van der Waals surface area contributed by atoms with Gasteiger partial charge in [-0.1, -0.05) is 0 Å². The number of carbonyl (C=O) groups is 1. The van der Waals surface area contributed by atoms with Gasteiger partial charge in [0.05, 0.1) is 17.1 Å². The van der Waals surface area contributed by atoms with Crippen molar-refractivity contribution in [2.75, 3.05) is 24.3 Å². The molecule has 0 aromatic carbocycles. The number of aromatic nitrogens is 1. The Morgan fingerprint density at radius 3 is 2.84 bits per heavy atom. The average molecular weight is 287 g/mol. The van der Waals surface area contributed by atoms with Crippen LogP contribution in [0.25, 0.3) is 0 Å². The standard InChI is InChI=1S/C11H14FN3O3S/c1-15(7-3-5-19(17,18)6-7)11(16)8-2-4-14-10(13)9(8)12/h2,4,7H,3,5-6H2,1H3,(H2,13,14). The molecule has 1 amide bonds. The highest BCUT2D eigenvalue weighted by molar-refractivity contribution is 7.91. The van der Waals surface area contributed by atoms with Crippen LogP contribution >= 0.6 is 0 Å². The van der Waals surface area contributed by atoms with E-state index in [9.17, 15) is 17.6 Å². The van der Waals surface area contributed by atoms with Gasteiger partial charge in [0.1, 0.15) is 0 Å². The Morgan fingerprint density at radius 1 is 1.58 bits per heavy atom. The third-order valence-corrected chi connectivity index (χ3v) is 4.97. The van der Waals surface area contributed by atoms with Gasteiger partial charge < -0.3 is 10.6 Å². The van der Waals surface area contributed by atoms with Gasteiger partial charge >= 0.3 is 0 Å². The van der Waals surface area contributed by atoms with Crippen molar-refractivity contribution in [3.05, 3.63) is 23.6 Å². The minimum absolute atomic E-state index is 0.0518. The summed E-state index contributed by atoms with van der Waals surface area (Å²) in [5.41, 5.74) is 5.11. The smallest absolute Gasteiger partial charge is 0.257 e. The van der Waals surface area contributed by atoms with Crippen molar-refractivity contribution in [3.8, 4) is 0 Å². The largest absolute Gasteiger partial charge is 0.381 e. The van der Waals surface area contributed by atoms with E-state index in [2.05, 4.69) is 4.98 Å². The lowest BCUT2D eigenvalue weighted by atomic mass is 10.1. The molecule has 0 saturated carbocycles. The number of carbonyl (C=O) groups excluding carboxylic acids is 1. The topological polar surface area (TPSA) is 93.4 Å². The second-order valence-electron chi connectivity index (χ2n) is 4.53. The Bertz CT molecular complexity index is 618. The van der Waals surface area contributed by atoms with Crippen LogP contribution in [0.5, 0.6) is 0 Å². The van der Waals surface area contributed by atoms with Crippen molar-refractivity contribution in [2.45, 2.75) is 12.5 Å². The molecule has 1 saturated heterocycles. The van der Waals surface area contributed by atoms with Gasteiger partial charge in [-0.25, -0.2) is 17.8 Å². The predicted octanol–water partition coefficient (Wildman–Crippen LogP) is 0.0620. The Kier molecular flexibility index (Phi) is 3.44. The van der Waals surface area contributed by atoms with Crippen LogP contribution in [0.2, 0.25) is 0 Å². The first-order valence-electron chi connectivity index (χ1n) is 5.69. The maximum Gasteiger partial charge on any atom is 0.257 e. The minimum Gasteiger partial charge on any atom is -0.381 e. The fourth-order valence-electron chi connectivity index (χ4n) is 2.06. The lowest BCUT2D eigenvalue weighted by Gasteiger charge is -2.23. The lowest BCUT2D eigenvalue weighted by Crippen LogP contribution is -2.38.